The number of primary sulfonamides is 1. The lowest BCUT2D eigenvalue weighted by molar-refractivity contribution is -0.384. The van der Waals surface area contributed by atoms with E-state index in [1.54, 1.807) is 30.3 Å². The molecule has 12 heteroatoms. The van der Waals surface area contributed by atoms with E-state index in [-0.39, 0.29) is 27.7 Å². The fraction of sp³-hybridized carbons (Fsp3) is 0.0909. The molecule has 11 nitrogen and oxygen atoms in total. The average molecular weight is 482 g/mol. The molecule has 0 spiro atoms. The number of nitro groups is 1. The van der Waals surface area contributed by atoms with Gasteiger partial charge in [-0.1, -0.05) is 30.3 Å². The third-order valence-corrected chi connectivity index (χ3v) is 6.03. The molecule has 1 aliphatic rings. The summed E-state index contributed by atoms with van der Waals surface area (Å²) < 4.78 is 29.0. The van der Waals surface area contributed by atoms with Crippen molar-refractivity contribution in [3.8, 4) is 5.75 Å². The van der Waals surface area contributed by atoms with Crippen molar-refractivity contribution >= 4 is 38.9 Å². The van der Waals surface area contributed by atoms with Crippen LogP contribution < -0.4 is 20.1 Å². The quantitative estimate of drug-likeness (QED) is 0.402. The minimum absolute atomic E-state index is 0.104. The summed E-state index contributed by atoms with van der Waals surface area (Å²) in [5, 5.41) is 18.6. The van der Waals surface area contributed by atoms with E-state index in [0.717, 1.165) is 0 Å². The van der Waals surface area contributed by atoms with E-state index in [9.17, 15) is 28.1 Å². The Kier molecular flexibility index (Phi) is 6.01. The Morgan fingerprint density at radius 3 is 2.38 bits per heavy atom. The van der Waals surface area contributed by atoms with Gasteiger partial charge >= 0.3 is 0 Å². The Balaban J connectivity index is 1.69. The highest BCUT2D eigenvalue weighted by atomic mass is 32.2. The number of nitrogens with two attached hydrogens (primary N) is 1. The Labute approximate surface area is 193 Å². The van der Waals surface area contributed by atoms with Crippen LogP contribution in [0.2, 0.25) is 0 Å². The minimum atomic E-state index is -4.04. The van der Waals surface area contributed by atoms with Gasteiger partial charge in [0.2, 0.25) is 10.0 Å². The van der Waals surface area contributed by atoms with Crippen molar-refractivity contribution in [3.05, 3.63) is 88.5 Å². The third-order valence-electron chi connectivity index (χ3n) is 5.11. The Morgan fingerprint density at radius 1 is 1.09 bits per heavy atom. The molecule has 0 saturated heterocycles. The van der Waals surface area contributed by atoms with Crippen molar-refractivity contribution in [1.29, 1.82) is 0 Å². The molecule has 4 rings (SSSR count). The predicted molar refractivity (Wildman–Crippen MR) is 122 cm³/mol. The molecule has 2 amide bonds. The van der Waals surface area contributed by atoms with E-state index in [4.69, 9.17) is 9.88 Å². The first-order valence-corrected chi connectivity index (χ1v) is 11.4. The fourth-order valence-electron chi connectivity index (χ4n) is 3.55. The molecular weight excluding hydrogens is 464 g/mol. The maximum atomic E-state index is 13.3. The second-order valence-electron chi connectivity index (χ2n) is 7.33. The number of nitrogens with zero attached hydrogens (tertiary/aromatic N) is 2. The molecule has 0 radical (unpaired) electrons. The van der Waals surface area contributed by atoms with Crippen molar-refractivity contribution in [1.82, 2.24) is 0 Å². The normalized spacial score (nSPS) is 15.3. The number of carbonyl (C=O) groups excluding carboxylic acids is 2. The van der Waals surface area contributed by atoms with Gasteiger partial charge in [0.15, 0.2) is 6.61 Å². The van der Waals surface area contributed by atoms with E-state index in [0.29, 0.717) is 5.56 Å². The number of carbonyl (C=O) groups is 2. The summed E-state index contributed by atoms with van der Waals surface area (Å²) in [7, 11) is -4.04. The van der Waals surface area contributed by atoms with Crippen LogP contribution >= 0.6 is 0 Å². The Morgan fingerprint density at radius 2 is 1.76 bits per heavy atom. The lowest BCUT2D eigenvalue weighted by Gasteiger charge is -2.36. The second-order valence-corrected chi connectivity index (χ2v) is 8.89. The first-order chi connectivity index (χ1) is 16.1. The summed E-state index contributed by atoms with van der Waals surface area (Å²) >= 11 is 0. The smallest absolute Gasteiger partial charge is 0.269 e. The van der Waals surface area contributed by atoms with Crippen molar-refractivity contribution < 1.29 is 27.7 Å². The molecule has 0 aliphatic carbocycles. The number of hydrogen-bond donors (Lipinski definition) is 2. The van der Waals surface area contributed by atoms with Crippen LogP contribution in [0.25, 0.3) is 0 Å². The van der Waals surface area contributed by atoms with Crippen molar-refractivity contribution in [3.63, 3.8) is 0 Å². The third kappa shape index (κ3) is 4.58. The zero-order valence-corrected chi connectivity index (χ0v) is 18.3. The van der Waals surface area contributed by atoms with Gasteiger partial charge in [-0.05, 0) is 35.9 Å². The lowest BCUT2D eigenvalue weighted by atomic mass is 10.00. The molecule has 3 N–H and O–H groups in total. The number of anilines is 2. The zero-order chi connectivity index (χ0) is 24.5. The van der Waals surface area contributed by atoms with E-state index in [1.165, 1.54) is 47.4 Å². The van der Waals surface area contributed by atoms with Gasteiger partial charge in [0.05, 0.1) is 21.2 Å². The number of rotatable bonds is 6. The molecule has 1 heterocycles. The molecular formula is C22H18N4O7S. The molecule has 0 aromatic heterocycles. The van der Waals surface area contributed by atoms with E-state index in [2.05, 4.69) is 5.32 Å². The van der Waals surface area contributed by atoms with Crippen molar-refractivity contribution in [2.75, 3.05) is 16.8 Å². The maximum Gasteiger partial charge on any atom is 0.269 e. The van der Waals surface area contributed by atoms with Gasteiger partial charge in [0.1, 0.15) is 11.8 Å². The van der Waals surface area contributed by atoms with Crippen LogP contribution in [-0.4, -0.2) is 31.8 Å². The topological polar surface area (TPSA) is 162 Å². The van der Waals surface area contributed by atoms with Crippen LogP contribution in [-0.2, 0) is 19.6 Å². The summed E-state index contributed by atoms with van der Waals surface area (Å²) in [4.78, 5) is 37.6. The van der Waals surface area contributed by atoms with Gasteiger partial charge in [0.25, 0.3) is 17.5 Å². The Bertz CT molecular complexity index is 1380. The van der Waals surface area contributed by atoms with Crippen molar-refractivity contribution in [2.45, 2.75) is 10.9 Å². The molecule has 0 fully saturated rings. The summed E-state index contributed by atoms with van der Waals surface area (Å²) in [6.45, 7) is -0.481. The van der Waals surface area contributed by atoms with Crippen LogP contribution in [0.3, 0.4) is 0 Å². The van der Waals surface area contributed by atoms with Crippen LogP contribution in [0, 0.1) is 10.1 Å². The van der Waals surface area contributed by atoms with E-state index in [1.807, 2.05) is 0 Å². The molecule has 1 unspecified atom stereocenters. The Hall–Kier alpha value is -4.29. The van der Waals surface area contributed by atoms with E-state index < -0.39 is 39.4 Å². The summed E-state index contributed by atoms with van der Waals surface area (Å²) in [6, 6.07) is 16.5. The number of amides is 2. The standard InChI is InChI=1S/C22H18N4O7S/c23-34(31,32)17-10-11-19-18(12-17)24-22(28)21(14-4-2-1-3-5-14)25(19)20(27)13-33-16-8-6-15(7-9-16)26(29)30/h1-12,21H,13H2,(H,24,28)(H2,23,31,32). The first-order valence-electron chi connectivity index (χ1n) is 9.87. The molecule has 0 saturated carbocycles. The first kappa shape index (κ1) is 22.9. The minimum Gasteiger partial charge on any atom is -0.484 e. The number of non-ortho nitro benzene ring substituents is 1. The molecule has 174 valence electrons. The number of fused-ring (bicyclic) bond motifs is 1. The zero-order valence-electron chi connectivity index (χ0n) is 17.5. The molecule has 3 aromatic rings. The molecule has 0 bridgehead atoms. The lowest BCUT2D eigenvalue weighted by Crippen LogP contribution is -2.47. The largest absolute Gasteiger partial charge is 0.484 e. The molecule has 1 aliphatic heterocycles. The van der Waals surface area contributed by atoms with Crippen LogP contribution in [0.1, 0.15) is 11.6 Å². The van der Waals surface area contributed by atoms with Crippen LogP contribution in [0.15, 0.2) is 77.7 Å². The number of sulfonamides is 1. The van der Waals surface area contributed by atoms with Crippen molar-refractivity contribution in [2.24, 2.45) is 5.14 Å². The molecule has 1 atom stereocenters. The van der Waals surface area contributed by atoms with Gasteiger partial charge < -0.3 is 10.1 Å². The number of ether oxygens (including phenoxy) is 1. The van der Waals surface area contributed by atoms with Gasteiger partial charge in [-0.2, -0.15) is 0 Å². The summed E-state index contributed by atoms with van der Waals surface area (Å²) in [5.74, 6) is -0.915. The number of hydrogen-bond acceptors (Lipinski definition) is 7. The van der Waals surface area contributed by atoms with Crippen LogP contribution in [0.4, 0.5) is 17.1 Å². The molecule has 34 heavy (non-hydrogen) atoms. The number of nitrogens with one attached hydrogen (secondary N) is 1. The van der Waals surface area contributed by atoms with Gasteiger partial charge in [-0.25, -0.2) is 13.6 Å². The highest BCUT2D eigenvalue weighted by Crippen LogP contribution is 2.39. The van der Waals surface area contributed by atoms with Gasteiger partial charge in [-0.15, -0.1) is 0 Å². The highest BCUT2D eigenvalue weighted by Gasteiger charge is 2.38. The fourth-order valence-corrected chi connectivity index (χ4v) is 4.09. The summed E-state index contributed by atoms with van der Waals surface area (Å²) in [5.41, 5.74) is 0.769. The van der Waals surface area contributed by atoms with Gasteiger partial charge in [-0.3, -0.25) is 24.6 Å². The maximum absolute atomic E-state index is 13.3. The van der Waals surface area contributed by atoms with Crippen LogP contribution in [0.5, 0.6) is 5.75 Å². The SMILES string of the molecule is NS(=O)(=O)c1ccc2c(c1)NC(=O)C(c1ccccc1)N2C(=O)COc1ccc([N+](=O)[O-])cc1. The highest BCUT2D eigenvalue weighted by molar-refractivity contribution is 7.89. The predicted octanol–water partition coefficient (Wildman–Crippen LogP) is 2.35. The molecule has 3 aromatic carbocycles. The monoisotopic (exact) mass is 482 g/mol. The van der Waals surface area contributed by atoms with E-state index >= 15 is 0 Å². The summed E-state index contributed by atoms with van der Waals surface area (Å²) in [6.07, 6.45) is 0. The number of benzene rings is 3. The average Bonchev–Trinajstić information content (AvgIpc) is 2.81. The number of nitro benzene ring substituents is 1. The van der Waals surface area contributed by atoms with Gasteiger partial charge in [0, 0.05) is 12.1 Å². The second kappa shape index (κ2) is 8.92.